The van der Waals surface area contributed by atoms with Gasteiger partial charge in [0.1, 0.15) is 5.82 Å². The van der Waals surface area contributed by atoms with Crippen LogP contribution in [-0.2, 0) is 9.84 Å². The minimum atomic E-state index is -3.61. The van der Waals surface area contributed by atoms with Crippen molar-refractivity contribution in [3.63, 3.8) is 0 Å². The highest BCUT2D eigenvalue weighted by Gasteiger charge is 2.21. The number of hydrogen-bond donors (Lipinski definition) is 1. The summed E-state index contributed by atoms with van der Waals surface area (Å²) < 4.78 is 39.0. The number of sulfone groups is 1. The van der Waals surface area contributed by atoms with E-state index in [-0.39, 0.29) is 28.9 Å². The van der Waals surface area contributed by atoms with Gasteiger partial charge in [0.25, 0.3) is 5.16 Å². The van der Waals surface area contributed by atoms with Crippen molar-refractivity contribution in [3.05, 3.63) is 47.4 Å². The SMILES string of the molecule is CC(C)c1cnn2c(N[C@@H](C)c3cccc(F)c3)nc(S(C)(=O)=O)nc12. The number of rotatable bonds is 5. The van der Waals surface area contributed by atoms with E-state index in [2.05, 4.69) is 20.4 Å². The van der Waals surface area contributed by atoms with Crippen LogP contribution in [0.25, 0.3) is 5.65 Å². The minimum absolute atomic E-state index is 0.114. The lowest BCUT2D eigenvalue weighted by atomic mass is 10.1. The first-order chi connectivity index (χ1) is 12.2. The van der Waals surface area contributed by atoms with Crippen LogP contribution in [-0.4, -0.2) is 34.3 Å². The fourth-order valence-corrected chi connectivity index (χ4v) is 3.10. The maximum Gasteiger partial charge on any atom is 0.252 e. The highest BCUT2D eigenvalue weighted by atomic mass is 32.2. The van der Waals surface area contributed by atoms with Crippen molar-refractivity contribution in [1.29, 1.82) is 0 Å². The average Bonchev–Trinajstić information content (AvgIpc) is 2.98. The number of nitrogens with zero attached hydrogens (tertiary/aromatic N) is 4. The van der Waals surface area contributed by atoms with Gasteiger partial charge in [-0.25, -0.2) is 12.8 Å². The molecule has 1 atom stereocenters. The Balaban J connectivity index is 2.12. The van der Waals surface area contributed by atoms with Gasteiger partial charge in [0.05, 0.1) is 12.2 Å². The Bertz CT molecular complexity index is 1060. The lowest BCUT2D eigenvalue weighted by Crippen LogP contribution is -2.16. The van der Waals surface area contributed by atoms with Crippen molar-refractivity contribution in [2.45, 2.75) is 37.9 Å². The van der Waals surface area contributed by atoms with Gasteiger partial charge in [-0.2, -0.15) is 19.6 Å². The van der Waals surface area contributed by atoms with E-state index < -0.39 is 9.84 Å². The zero-order valence-corrected chi connectivity index (χ0v) is 15.7. The number of hydrogen-bond acceptors (Lipinski definition) is 6. The van der Waals surface area contributed by atoms with E-state index in [1.807, 2.05) is 20.8 Å². The van der Waals surface area contributed by atoms with Gasteiger partial charge >= 0.3 is 0 Å². The summed E-state index contributed by atoms with van der Waals surface area (Å²) in [6.07, 6.45) is 2.71. The molecule has 0 saturated carbocycles. The Morgan fingerprint density at radius 1 is 1.19 bits per heavy atom. The number of halogens is 1. The van der Waals surface area contributed by atoms with Gasteiger partial charge in [-0.05, 0) is 30.5 Å². The maximum atomic E-state index is 13.5. The van der Waals surface area contributed by atoms with Crippen LogP contribution < -0.4 is 5.32 Å². The predicted octanol–water partition coefficient (Wildman–Crippen LogP) is 2.96. The molecule has 138 valence electrons. The summed E-state index contributed by atoms with van der Waals surface area (Å²) in [5.41, 5.74) is 1.96. The zero-order chi connectivity index (χ0) is 19.1. The average molecular weight is 377 g/mol. The van der Waals surface area contributed by atoms with Crippen LogP contribution in [0.1, 0.15) is 43.9 Å². The highest BCUT2D eigenvalue weighted by Crippen LogP contribution is 2.24. The molecule has 9 heteroatoms. The summed E-state index contributed by atoms with van der Waals surface area (Å²) in [4.78, 5) is 8.31. The molecule has 1 aromatic carbocycles. The van der Waals surface area contributed by atoms with Crippen molar-refractivity contribution < 1.29 is 12.8 Å². The molecule has 0 unspecified atom stereocenters. The van der Waals surface area contributed by atoms with Crippen LogP contribution in [0.3, 0.4) is 0 Å². The van der Waals surface area contributed by atoms with Gasteiger partial charge < -0.3 is 5.32 Å². The molecule has 1 N–H and O–H groups in total. The molecule has 0 fully saturated rings. The van der Waals surface area contributed by atoms with Crippen LogP contribution >= 0.6 is 0 Å². The second-order valence-corrected chi connectivity index (χ2v) is 8.42. The summed E-state index contributed by atoms with van der Waals surface area (Å²) in [6, 6.07) is 5.85. The molecule has 2 heterocycles. The van der Waals surface area contributed by atoms with Gasteiger partial charge in [-0.3, -0.25) is 0 Å². The fraction of sp³-hybridized carbons (Fsp3) is 0.353. The molecule has 26 heavy (non-hydrogen) atoms. The third kappa shape index (κ3) is 3.52. The number of aromatic nitrogens is 4. The molecule has 0 aliphatic heterocycles. The van der Waals surface area contributed by atoms with Crippen molar-refractivity contribution in [2.75, 3.05) is 11.6 Å². The van der Waals surface area contributed by atoms with E-state index in [9.17, 15) is 12.8 Å². The summed E-state index contributed by atoms with van der Waals surface area (Å²) in [5.74, 6) is 0.00406. The molecule has 3 rings (SSSR count). The molecule has 0 radical (unpaired) electrons. The zero-order valence-electron chi connectivity index (χ0n) is 14.9. The quantitative estimate of drug-likeness (QED) is 0.735. The summed E-state index contributed by atoms with van der Waals surface area (Å²) >= 11 is 0. The summed E-state index contributed by atoms with van der Waals surface area (Å²) in [6.45, 7) is 5.78. The Labute approximate surface area is 151 Å². The first-order valence-electron chi connectivity index (χ1n) is 8.14. The Hall–Kier alpha value is -2.55. The molecule has 0 amide bonds. The number of fused-ring (bicyclic) bond motifs is 1. The second kappa shape index (κ2) is 6.64. The van der Waals surface area contributed by atoms with Gasteiger partial charge in [-0.15, -0.1) is 0 Å². The van der Waals surface area contributed by atoms with E-state index in [0.29, 0.717) is 11.2 Å². The van der Waals surface area contributed by atoms with Crippen molar-refractivity contribution in [1.82, 2.24) is 19.6 Å². The van der Waals surface area contributed by atoms with Gasteiger partial charge in [-0.1, -0.05) is 26.0 Å². The predicted molar refractivity (Wildman–Crippen MR) is 96.4 cm³/mol. The van der Waals surface area contributed by atoms with Crippen molar-refractivity contribution in [2.24, 2.45) is 0 Å². The molecule has 0 aliphatic rings. The molecule has 0 spiro atoms. The van der Waals surface area contributed by atoms with E-state index in [4.69, 9.17) is 0 Å². The van der Waals surface area contributed by atoms with Gasteiger partial charge in [0.2, 0.25) is 15.8 Å². The van der Waals surface area contributed by atoms with Crippen LogP contribution in [0.4, 0.5) is 10.3 Å². The first-order valence-corrected chi connectivity index (χ1v) is 10.0. The van der Waals surface area contributed by atoms with Crippen LogP contribution in [0, 0.1) is 5.82 Å². The van der Waals surface area contributed by atoms with Gasteiger partial charge in [0.15, 0.2) is 5.65 Å². The highest BCUT2D eigenvalue weighted by molar-refractivity contribution is 7.90. The summed E-state index contributed by atoms with van der Waals surface area (Å²) in [7, 11) is -3.61. The normalized spacial score (nSPS) is 13.3. The molecule has 2 aromatic heterocycles. The topological polar surface area (TPSA) is 89.2 Å². The summed E-state index contributed by atoms with van der Waals surface area (Å²) in [5, 5.41) is 7.12. The Morgan fingerprint density at radius 3 is 2.54 bits per heavy atom. The third-order valence-electron chi connectivity index (χ3n) is 4.02. The molecule has 0 aliphatic carbocycles. The largest absolute Gasteiger partial charge is 0.348 e. The number of anilines is 1. The smallest absolute Gasteiger partial charge is 0.252 e. The fourth-order valence-electron chi connectivity index (χ4n) is 2.59. The van der Waals surface area contributed by atoms with E-state index in [1.165, 1.54) is 16.6 Å². The lowest BCUT2D eigenvalue weighted by Gasteiger charge is -2.16. The number of nitrogens with one attached hydrogen (secondary N) is 1. The van der Waals surface area contributed by atoms with E-state index in [1.54, 1.807) is 18.3 Å². The van der Waals surface area contributed by atoms with Crippen LogP contribution in [0.2, 0.25) is 0 Å². The molecule has 7 nitrogen and oxygen atoms in total. The van der Waals surface area contributed by atoms with E-state index in [0.717, 1.165) is 11.8 Å². The first kappa shape index (κ1) is 18.2. The van der Waals surface area contributed by atoms with Crippen molar-refractivity contribution in [3.8, 4) is 0 Å². The monoisotopic (exact) mass is 377 g/mol. The molecular formula is C17H20FN5O2S. The Morgan fingerprint density at radius 2 is 1.92 bits per heavy atom. The lowest BCUT2D eigenvalue weighted by molar-refractivity contribution is 0.591. The minimum Gasteiger partial charge on any atom is -0.348 e. The van der Waals surface area contributed by atoms with Gasteiger partial charge in [0, 0.05) is 11.8 Å². The van der Waals surface area contributed by atoms with Crippen molar-refractivity contribution >= 4 is 21.4 Å². The van der Waals surface area contributed by atoms with E-state index >= 15 is 0 Å². The third-order valence-corrected chi connectivity index (χ3v) is 4.87. The maximum absolute atomic E-state index is 13.5. The Kier molecular flexibility index (Phi) is 4.66. The molecule has 0 saturated heterocycles. The van der Waals surface area contributed by atoms with Crippen LogP contribution in [0.15, 0.2) is 35.6 Å². The number of benzene rings is 1. The molecular weight excluding hydrogens is 357 g/mol. The standard InChI is InChI=1S/C17H20FN5O2S/c1-10(2)14-9-19-23-15(14)21-17(26(4,24)25)22-16(23)20-11(3)12-6-5-7-13(18)8-12/h5-11H,1-4H3,(H,20,21,22)/t11-/m0/s1. The van der Waals surface area contributed by atoms with Crippen LogP contribution in [0.5, 0.6) is 0 Å². The molecule has 3 aromatic rings. The molecule has 0 bridgehead atoms. The second-order valence-electron chi connectivity index (χ2n) is 6.51.